The third kappa shape index (κ3) is 3.51. The molecule has 1 amide bonds. The van der Waals surface area contributed by atoms with Crippen molar-refractivity contribution in [1.82, 2.24) is 4.90 Å². The van der Waals surface area contributed by atoms with Gasteiger partial charge in [0.05, 0.1) is 14.2 Å². The zero-order chi connectivity index (χ0) is 18.8. The molecular formula is C20H21NO5S. The Kier molecular flexibility index (Phi) is 5.03. The van der Waals surface area contributed by atoms with Crippen LogP contribution in [0.3, 0.4) is 0 Å². The van der Waals surface area contributed by atoms with E-state index in [0.29, 0.717) is 30.2 Å². The van der Waals surface area contributed by atoms with E-state index in [1.54, 1.807) is 26.0 Å². The summed E-state index contributed by atoms with van der Waals surface area (Å²) in [6.45, 7) is 0.698. The van der Waals surface area contributed by atoms with Crippen LogP contribution in [0.5, 0.6) is 23.0 Å². The fraction of sp³-hybridized carbons (Fsp3) is 0.350. The van der Waals surface area contributed by atoms with Crippen LogP contribution >= 0.6 is 11.8 Å². The van der Waals surface area contributed by atoms with Crippen molar-refractivity contribution < 1.29 is 23.7 Å². The molecule has 2 aliphatic rings. The van der Waals surface area contributed by atoms with E-state index in [-0.39, 0.29) is 18.1 Å². The third-order valence-electron chi connectivity index (χ3n) is 4.65. The average Bonchev–Trinajstić information content (AvgIpc) is 3.17. The van der Waals surface area contributed by atoms with E-state index < -0.39 is 0 Å². The zero-order valence-corrected chi connectivity index (χ0v) is 16.1. The van der Waals surface area contributed by atoms with Gasteiger partial charge in [-0.3, -0.25) is 4.79 Å². The van der Waals surface area contributed by atoms with Crippen LogP contribution in [0, 0.1) is 0 Å². The monoisotopic (exact) mass is 387 g/mol. The van der Waals surface area contributed by atoms with Gasteiger partial charge >= 0.3 is 0 Å². The summed E-state index contributed by atoms with van der Waals surface area (Å²) in [7, 11) is 3.25. The van der Waals surface area contributed by atoms with Crippen molar-refractivity contribution in [3.05, 3.63) is 47.5 Å². The molecule has 2 heterocycles. The molecule has 142 valence electrons. The number of carbonyl (C=O) groups is 1. The fourth-order valence-corrected chi connectivity index (χ4v) is 4.55. The van der Waals surface area contributed by atoms with E-state index >= 15 is 0 Å². The maximum absolute atomic E-state index is 12.7. The lowest BCUT2D eigenvalue weighted by Crippen LogP contribution is -2.36. The van der Waals surface area contributed by atoms with Gasteiger partial charge in [-0.05, 0) is 35.4 Å². The van der Waals surface area contributed by atoms with Crippen LogP contribution in [0.4, 0.5) is 0 Å². The topological polar surface area (TPSA) is 57.2 Å². The normalized spacial score (nSPS) is 18.5. The Labute approximate surface area is 162 Å². The molecular weight excluding hydrogens is 366 g/mol. The first-order valence-electron chi connectivity index (χ1n) is 8.71. The molecule has 1 fully saturated rings. The van der Waals surface area contributed by atoms with Crippen molar-refractivity contribution in [2.24, 2.45) is 0 Å². The van der Waals surface area contributed by atoms with Crippen molar-refractivity contribution in [1.29, 1.82) is 0 Å². The van der Waals surface area contributed by atoms with Gasteiger partial charge in [0.1, 0.15) is 11.1 Å². The SMILES string of the molecule is COc1cccc(CN2C(=O)CCSC2c2cc(OC)c3c(c2)OCO3)c1. The lowest BCUT2D eigenvalue weighted by Gasteiger charge is -2.35. The van der Waals surface area contributed by atoms with E-state index in [9.17, 15) is 4.79 Å². The zero-order valence-electron chi connectivity index (χ0n) is 15.3. The number of rotatable bonds is 5. The number of carbonyl (C=O) groups excluding carboxylic acids is 1. The third-order valence-corrected chi connectivity index (χ3v) is 5.93. The van der Waals surface area contributed by atoms with Crippen molar-refractivity contribution in [3.63, 3.8) is 0 Å². The largest absolute Gasteiger partial charge is 0.497 e. The van der Waals surface area contributed by atoms with Gasteiger partial charge in [0.25, 0.3) is 0 Å². The Balaban J connectivity index is 1.66. The second-order valence-electron chi connectivity index (χ2n) is 6.30. The first-order valence-corrected chi connectivity index (χ1v) is 9.76. The standard InChI is InChI=1S/C20H21NO5S/c1-23-15-5-3-4-13(8-15)11-21-18(22)6-7-27-20(21)14-9-16(24-2)19-17(10-14)25-12-26-19/h3-5,8-10,20H,6-7,11-12H2,1-2H3. The van der Waals surface area contributed by atoms with Crippen LogP contribution in [0.1, 0.15) is 22.9 Å². The van der Waals surface area contributed by atoms with E-state index in [1.807, 2.05) is 41.3 Å². The highest BCUT2D eigenvalue weighted by Crippen LogP contribution is 2.47. The Hall–Kier alpha value is -2.54. The van der Waals surface area contributed by atoms with Gasteiger partial charge in [-0.25, -0.2) is 0 Å². The molecule has 2 aromatic rings. The molecule has 0 saturated carbocycles. The van der Waals surface area contributed by atoms with E-state index in [4.69, 9.17) is 18.9 Å². The number of fused-ring (bicyclic) bond motifs is 1. The van der Waals surface area contributed by atoms with Crippen LogP contribution in [0.15, 0.2) is 36.4 Å². The molecule has 6 nitrogen and oxygen atoms in total. The van der Waals surface area contributed by atoms with Gasteiger partial charge in [-0.15, -0.1) is 11.8 Å². The molecule has 1 saturated heterocycles. The number of benzene rings is 2. The van der Waals surface area contributed by atoms with E-state index in [0.717, 1.165) is 22.6 Å². The maximum atomic E-state index is 12.7. The predicted molar refractivity (Wildman–Crippen MR) is 102 cm³/mol. The number of ether oxygens (including phenoxy) is 4. The van der Waals surface area contributed by atoms with E-state index in [1.165, 1.54) is 0 Å². The van der Waals surface area contributed by atoms with Gasteiger partial charge in [0.2, 0.25) is 18.4 Å². The quantitative estimate of drug-likeness (QED) is 0.781. The minimum atomic E-state index is -0.110. The van der Waals surface area contributed by atoms with Gasteiger partial charge < -0.3 is 23.8 Å². The minimum absolute atomic E-state index is 0.110. The lowest BCUT2D eigenvalue weighted by molar-refractivity contribution is -0.132. The number of thioether (sulfide) groups is 1. The minimum Gasteiger partial charge on any atom is -0.497 e. The molecule has 0 spiro atoms. The highest BCUT2D eigenvalue weighted by Gasteiger charge is 2.32. The summed E-state index contributed by atoms with van der Waals surface area (Å²) in [4.78, 5) is 14.6. The van der Waals surface area contributed by atoms with Crippen molar-refractivity contribution in [2.45, 2.75) is 18.3 Å². The van der Waals surface area contributed by atoms with Gasteiger partial charge in [0, 0.05) is 18.7 Å². The summed E-state index contributed by atoms with van der Waals surface area (Å²) in [5.41, 5.74) is 2.00. The second-order valence-corrected chi connectivity index (χ2v) is 7.49. The molecule has 1 unspecified atom stereocenters. The number of hydrogen-bond donors (Lipinski definition) is 0. The predicted octanol–water partition coefficient (Wildman–Crippen LogP) is 3.60. The summed E-state index contributed by atoms with van der Waals surface area (Å²) in [6, 6.07) is 11.7. The summed E-state index contributed by atoms with van der Waals surface area (Å²) in [6.07, 6.45) is 0.535. The maximum Gasteiger partial charge on any atom is 0.231 e. The molecule has 7 heteroatoms. The lowest BCUT2D eigenvalue weighted by atomic mass is 10.1. The first kappa shape index (κ1) is 17.9. The van der Waals surface area contributed by atoms with Crippen LogP contribution in [-0.4, -0.2) is 37.6 Å². The number of hydrogen-bond acceptors (Lipinski definition) is 6. The van der Waals surface area contributed by atoms with Crippen LogP contribution < -0.4 is 18.9 Å². The smallest absolute Gasteiger partial charge is 0.231 e. The second kappa shape index (κ2) is 7.60. The molecule has 2 aliphatic heterocycles. The molecule has 0 aromatic heterocycles. The Morgan fingerprint density at radius 3 is 2.89 bits per heavy atom. The first-order chi connectivity index (χ1) is 13.2. The summed E-state index contributed by atoms with van der Waals surface area (Å²) >= 11 is 1.74. The molecule has 1 atom stereocenters. The summed E-state index contributed by atoms with van der Waals surface area (Å²) in [5.74, 6) is 3.61. The number of methoxy groups -OCH3 is 2. The highest BCUT2D eigenvalue weighted by molar-refractivity contribution is 7.99. The molecule has 0 N–H and O–H groups in total. The van der Waals surface area contributed by atoms with E-state index in [2.05, 4.69) is 0 Å². The Bertz CT molecular complexity index is 856. The van der Waals surface area contributed by atoms with Crippen LogP contribution in [0.2, 0.25) is 0 Å². The fourth-order valence-electron chi connectivity index (χ4n) is 3.33. The van der Waals surface area contributed by atoms with Crippen molar-refractivity contribution in [3.8, 4) is 23.0 Å². The van der Waals surface area contributed by atoms with Crippen molar-refractivity contribution in [2.75, 3.05) is 26.8 Å². The number of nitrogens with zero attached hydrogens (tertiary/aromatic N) is 1. The molecule has 0 aliphatic carbocycles. The number of amides is 1. The Morgan fingerprint density at radius 2 is 2.07 bits per heavy atom. The van der Waals surface area contributed by atoms with Gasteiger partial charge in [0.15, 0.2) is 11.5 Å². The van der Waals surface area contributed by atoms with Crippen LogP contribution in [-0.2, 0) is 11.3 Å². The summed E-state index contributed by atoms with van der Waals surface area (Å²) in [5, 5.41) is -0.110. The van der Waals surface area contributed by atoms with Crippen LogP contribution in [0.25, 0.3) is 0 Å². The Morgan fingerprint density at radius 1 is 1.19 bits per heavy atom. The molecule has 0 bridgehead atoms. The van der Waals surface area contributed by atoms with Gasteiger partial charge in [-0.2, -0.15) is 0 Å². The summed E-state index contributed by atoms with van der Waals surface area (Å²) < 4.78 is 21.8. The molecule has 4 rings (SSSR count). The average molecular weight is 387 g/mol. The molecule has 0 radical (unpaired) electrons. The highest BCUT2D eigenvalue weighted by atomic mass is 32.2. The molecule has 2 aromatic carbocycles. The molecule has 27 heavy (non-hydrogen) atoms. The van der Waals surface area contributed by atoms with Crippen molar-refractivity contribution >= 4 is 17.7 Å². The van der Waals surface area contributed by atoms with Gasteiger partial charge in [-0.1, -0.05) is 12.1 Å².